The molecule has 2 fully saturated rings. The standard InChI is InChI=1S/C14H19N5O2/c1-13(2)7-19(8-14(21-13)3-6-20-9-14)11-12-17-16-10-18(12)5-4-15-11/h4-5,10H,3,6-9H2,1-2H3. The number of aromatic nitrogens is 4. The fourth-order valence-corrected chi connectivity index (χ4v) is 3.43. The minimum atomic E-state index is -0.250. The van der Waals surface area contributed by atoms with Crippen LogP contribution in [0.15, 0.2) is 18.7 Å². The molecular formula is C14H19N5O2. The molecule has 7 heteroatoms. The average molecular weight is 289 g/mol. The van der Waals surface area contributed by atoms with E-state index >= 15 is 0 Å². The lowest BCUT2D eigenvalue weighted by Crippen LogP contribution is -2.60. The predicted octanol–water partition coefficient (Wildman–Crippen LogP) is 0.899. The van der Waals surface area contributed by atoms with Crippen molar-refractivity contribution in [3.63, 3.8) is 0 Å². The Bertz CT molecular complexity index is 662. The van der Waals surface area contributed by atoms with E-state index in [-0.39, 0.29) is 11.2 Å². The molecule has 0 aromatic carbocycles. The second-order valence-electron chi connectivity index (χ2n) is 6.52. The Hall–Kier alpha value is -1.73. The fraction of sp³-hybridized carbons (Fsp3) is 0.643. The van der Waals surface area contributed by atoms with Gasteiger partial charge in [0.1, 0.15) is 11.9 Å². The van der Waals surface area contributed by atoms with Crippen molar-refractivity contribution in [1.29, 1.82) is 0 Å². The van der Waals surface area contributed by atoms with Crippen LogP contribution >= 0.6 is 0 Å². The van der Waals surface area contributed by atoms with Gasteiger partial charge in [-0.05, 0) is 13.8 Å². The quantitative estimate of drug-likeness (QED) is 0.777. The zero-order valence-corrected chi connectivity index (χ0v) is 12.3. The van der Waals surface area contributed by atoms with Crippen LogP contribution in [0.3, 0.4) is 0 Å². The third kappa shape index (κ3) is 2.16. The summed E-state index contributed by atoms with van der Waals surface area (Å²) in [5.41, 5.74) is 0.292. The van der Waals surface area contributed by atoms with Crippen molar-refractivity contribution < 1.29 is 9.47 Å². The van der Waals surface area contributed by atoms with Crippen LogP contribution in [-0.2, 0) is 9.47 Å². The van der Waals surface area contributed by atoms with E-state index in [2.05, 4.69) is 33.9 Å². The van der Waals surface area contributed by atoms with E-state index in [1.165, 1.54) is 0 Å². The second kappa shape index (κ2) is 4.38. The second-order valence-corrected chi connectivity index (χ2v) is 6.52. The van der Waals surface area contributed by atoms with E-state index in [1.54, 1.807) is 12.5 Å². The van der Waals surface area contributed by atoms with Crippen LogP contribution in [0.5, 0.6) is 0 Å². The van der Waals surface area contributed by atoms with Gasteiger partial charge in [0.2, 0.25) is 5.65 Å². The molecule has 0 saturated carbocycles. The molecule has 2 aliphatic rings. The molecule has 7 nitrogen and oxygen atoms in total. The van der Waals surface area contributed by atoms with Crippen molar-refractivity contribution >= 4 is 11.5 Å². The van der Waals surface area contributed by atoms with Crippen LogP contribution in [0, 0.1) is 0 Å². The van der Waals surface area contributed by atoms with E-state index < -0.39 is 0 Å². The summed E-state index contributed by atoms with van der Waals surface area (Å²) < 4.78 is 13.8. The summed E-state index contributed by atoms with van der Waals surface area (Å²) in [7, 11) is 0. The topological polar surface area (TPSA) is 64.8 Å². The summed E-state index contributed by atoms with van der Waals surface area (Å²) in [5, 5.41) is 8.17. The highest BCUT2D eigenvalue weighted by Gasteiger charge is 2.47. The van der Waals surface area contributed by atoms with Crippen molar-refractivity contribution in [3.8, 4) is 0 Å². The lowest BCUT2D eigenvalue weighted by atomic mass is 9.95. The van der Waals surface area contributed by atoms with Crippen LogP contribution < -0.4 is 4.90 Å². The van der Waals surface area contributed by atoms with Gasteiger partial charge in [0.05, 0.1) is 18.8 Å². The van der Waals surface area contributed by atoms with Crippen molar-refractivity contribution in [3.05, 3.63) is 18.7 Å². The Morgan fingerprint density at radius 2 is 2.19 bits per heavy atom. The number of fused-ring (bicyclic) bond motifs is 1. The molecule has 0 bridgehead atoms. The van der Waals surface area contributed by atoms with E-state index in [9.17, 15) is 0 Å². The number of ether oxygens (including phenoxy) is 2. The zero-order valence-electron chi connectivity index (χ0n) is 12.3. The van der Waals surface area contributed by atoms with E-state index in [0.29, 0.717) is 6.61 Å². The van der Waals surface area contributed by atoms with Crippen LogP contribution in [0.25, 0.3) is 5.65 Å². The molecule has 0 radical (unpaired) electrons. The van der Waals surface area contributed by atoms with Gasteiger partial charge >= 0.3 is 0 Å². The number of hydrogen-bond donors (Lipinski definition) is 0. The molecule has 1 spiro atoms. The van der Waals surface area contributed by atoms with Gasteiger partial charge in [0.25, 0.3) is 0 Å². The molecule has 2 aromatic heterocycles. The van der Waals surface area contributed by atoms with Crippen molar-refractivity contribution in [2.45, 2.75) is 31.5 Å². The van der Waals surface area contributed by atoms with E-state index in [1.807, 2.05) is 10.6 Å². The Balaban J connectivity index is 1.75. The highest BCUT2D eigenvalue weighted by Crippen LogP contribution is 2.36. The first-order valence-electron chi connectivity index (χ1n) is 7.24. The summed E-state index contributed by atoms with van der Waals surface area (Å²) in [6, 6.07) is 0. The van der Waals surface area contributed by atoms with Gasteiger partial charge in [0, 0.05) is 32.0 Å². The largest absolute Gasteiger partial charge is 0.378 e. The molecule has 2 saturated heterocycles. The first-order valence-corrected chi connectivity index (χ1v) is 7.24. The van der Waals surface area contributed by atoms with Gasteiger partial charge in [-0.15, -0.1) is 10.2 Å². The molecule has 4 rings (SSSR count). The van der Waals surface area contributed by atoms with Crippen LogP contribution in [0.4, 0.5) is 5.82 Å². The predicted molar refractivity (Wildman–Crippen MR) is 76.3 cm³/mol. The zero-order chi connectivity index (χ0) is 14.5. The van der Waals surface area contributed by atoms with Crippen LogP contribution in [0.1, 0.15) is 20.3 Å². The average Bonchev–Trinajstić information content (AvgIpc) is 3.05. The Labute approximate surface area is 122 Å². The normalized spacial score (nSPS) is 28.6. The van der Waals surface area contributed by atoms with Gasteiger partial charge in [-0.1, -0.05) is 0 Å². The molecular weight excluding hydrogens is 270 g/mol. The number of hydrogen-bond acceptors (Lipinski definition) is 6. The molecule has 112 valence electrons. The Morgan fingerprint density at radius 3 is 3.00 bits per heavy atom. The fourth-order valence-electron chi connectivity index (χ4n) is 3.43. The van der Waals surface area contributed by atoms with Gasteiger partial charge in [0.15, 0.2) is 5.82 Å². The Morgan fingerprint density at radius 1 is 1.29 bits per heavy atom. The number of morpholine rings is 1. The number of rotatable bonds is 1. The summed E-state index contributed by atoms with van der Waals surface area (Å²) in [4.78, 5) is 6.78. The lowest BCUT2D eigenvalue weighted by molar-refractivity contribution is -0.151. The summed E-state index contributed by atoms with van der Waals surface area (Å²) in [6.45, 7) is 7.17. The van der Waals surface area contributed by atoms with Crippen LogP contribution in [0.2, 0.25) is 0 Å². The van der Waals surface area contributed by atoms with Crippen molar-refractivity contribution in [2.75, 3.05) is 31.2 Å². The number of nitrogens with zero attached hydrogens (tertiary/aromatic N) is 5. The first kappa shape index (κ1) is 13.0. The monoisotopic (exact) mass is 289 g/mol. The molecule has 2 aliphatic heterocycles. The van der Waals surface area contributed by atoms with Crippen molar-refractivity contribution in [1.82, 2.24) is 19.6 Å². The molecule has 4 heterocycles. The van der Waals surface area contributed by atoms with E-state index in [0.717, 1.165) is 37.6 Å². The molecule has 0 aliphatic carbocycles. The number of anilines is 1. The van der Waals surface area contributed by atoms with Gasteiger partial charge in [-0.3, -0.25) is 4.40 Å². The third-order valence-corrected chi connectivity index (χ3v) is 4.11. The molecule has 1 atom stereocenters. The van der Waals surface area contributed by atoms with Gasteiger partial charge in [-0.2, -0.15) is 0 Å². The highest BCUT2D eigenvalue weighted by molar-refractivity contribution is 5.63. The van der Waals surface area contributed by atoms with E-state index in [4.69, 9.17) is 9.47 Å². The Kier molecular flexibility index (Phi) is 2.71. The van der Waals surface area contributed by atoms with Gasteiger partial charge < -0.3 is 14.4 Å². The first-order chi connectivity index (χ1) is 10.1. The molecule has 0 amide bonds. The molecule has 2 aromatic rings. The molecule has 1 unspecified atom stereocenters. The third-order valence-electron chi connectivity index (χ3n) is 4.11. The maximum Gasteiger partial charge on any atom is 0.203 e. The summed E-state index contributed by atoms with van der Waals surface area (Å²) in [5.74, 6) is 0.859. The summed E-state index contributed by atoms with van der Waals surface area (Å²) >= 11 is 0. The molecule has 21 heavy (non-hydrogen) atoms. The SMILES string of the molecule is CC1(C)CN(c2nccn3cnnc23)CC2(CCOC2)O1. The maximum atomic E-state index is 6.33. The molecule has 0 N–H and O–H groups in total. The highest BCUT2D eigenvalue weighted by atomic mass is 16.6. The van der Waals surface area contributed by atoms with Crippen molar-refractivity contribution in [2.24, 2.45) is 0 Å². The van der Waals surface area contributed by atoms with Crippen LogP contribution in [-0.4, -0.2) is 57.1 Å². The van der Waals surface area contributed by atoms with Gasteiger partial charge in [-0.25, -0.2) is 4.98 Å². The lowest BCUT2D eigenvalue weighted by Gasteiger charge is -2.48. The maximum absolute atomic E-state index is 6.33. The smallest absolute Gasteiger partial charge is 0.203 e. The minimum absolute atomic E-state index is 0.240. The summed E-state index contributed by atoms with van der Waals surface area (Å²) in [6.07, 6.45) is 6.26. The minimum Gasteiger partial charge on any atom is -0.378 e.